The third-order valence-corrected chi connectivity index (χ3v) is 2.88. The fourth-order valence-corrected chi connectivity index (χ4v) is 1.99. The average Bonchev–Trinajstić information content (AvgIpc) is 2.31. The molecular formula is C12H15NO3. The normalized spacial score (nSPS) is 20.6. The van der Waals surface area contributed by atoms with E-state index in [4.69, 9.17) is 4.74 Å². The first-order chi connectivity index (χ1) is 7.75. The summed E-state index contributed by atoms with van der Waals surface area (Å²) in [6.45, 7) is 0.845. The van der Waals surface area contributed by atoms with Crippen molar-refractivity contribution >= 4 is 5.69 Å². The monoisotopic (exact) mass is 221 g/mol. The SMILES string of the molecule is O=[N+]([O-])c1ccc(CC2CCCCO2)cc1. The Morgan fingerprint density at radius 1 is 1.31 bits per heavy atom. The van der Waals surface area contributed by atoms with Crippen molar-refractivity contribution in [3.8, 4) is 0 Å². The van der Waals surface area contributed by atoms with E-state index >= 15 is 0 Å². The van der Waals surface area contributed by atoms with Gasteiger partial charge in [0.15, 0.2) is 0 Å². The Morgan fingerprint density at radius 3 is 2.62 bits per heavy atom. The Kier molecular flexibility index (Phi) is 3.51. The molecule has 2 rings (SSSR count). The molecule has 0 N–H and O–H groups in total. The number of nitrogens with zero attached hydrogens (tertiary/aromatic N) is 1. The number of non-ortho nitro benzene ring substituents is 1. The average molecular weight is 221 g/mol. The first-order valence-corrected chi connectivity index (χ1v) is 5.60. The highest BCUT2D eigenvalue weighted by Gasteiger charge is 2.14. The van der Waals surface area contributed by atoms with E-state index < -0.39 is 0 Å². The molecule has 1 atom stereocenters. The molecule has 4 heteroatoms. The molecule has 0 radical (unpaired) electrons. The molecule has 0 aliphatic carbocycles. The summed E-state index contributed by atoms with van der Waals surface area (Å²) in [4.78, 5) is 10.1. The highest BCUT2D eigenvalue weighted by atomic mass is 16.6. The number of ether oxygens (including phenoxy) is 1. The van der Waals surface area contributed by atoms with Gasteiger partial charge in [-0.25, -0.2) is 0 Å². The number of hydrogen-bond acceptors (Lipinski definition) is 3. The Hall–Kier alpha value is -1.42. The van der Waals surface area contributed by atoms with E-state index in [1.165, 1.54) is 6.42 Å². The second-order valence-electron chi connectivity index (χ2n) is 4.12. The lowest BCUT2D eigenvalue weighted by atomic mass is 10.0. The number of rotatable bonds is 3. The zero-order valence-corrected chi connectivity index (χ0v) is 9.09. The summed E-state index contributed by atoms with van der Waals surface area (Å²) >= 11 is 0. The zero-order chi connectivity index (χ0) is 11.4. The van der Waals surface area contributed by atoms with Gasteiger partial charge in [0.25, 0.3) is 5.69 Å². The zero-order valence-electron chi connectivity index (χ0n) is 9.09. The first kappa shape index (κ1) is 11.1. The van der Waals surface area contributed by atoms with Gasteiger partial charge in [-0.2, -0.15) is 0 Å². The Bertz CT molecular complexity index is 355. The summed E-state index contributed by atoms with van der Waals surface area (Å²) in [6, 6.07) is 6.74. The van der Waals surface area contributed by atoms with Crippen LogP contribution in [0.2, 0.25) is 0 Å². The van der Waals surface area contributed by atoms with Crippen molar-refractivity contribution in [1.82, 2.24) is 0 Å². The van der Waals surface area contributed by atoms with E-state index in [1.54, 1.807) is 12.1 Å². The topological polar surface area (TPSA) is 52.4 Å². The maximum atomic E-state index is 10.5. The van der Waals surface area contributed by atoms with Gasteiger partial charge in [-0.1, -0.05) is 12.1 Å². The molecule has 1 aliphatic rings. The van der Waals surface area contributed by atoms with Crippen LogP contribution in [0.25, 0.3) is 0 Å². The van der Waals surface area contributed by atoms with Crippen LogP contribution in [-0.2, 0) is 11.2 Å². The first-order valence-electron chi connectivity index (χ1n) is 5.60. The van der Waals surface area contributed by atoms with Gasteiger partial charge in [0.05, 0.1) is 11.0 Å². The van der Waals surface area contributed by atoms with Crippen LogP contribution < -0.4 is 0 Å². The van der Waals surface area contributed by atoms with Crippen LogP contribution >= 0.6 is 0 Å². The van der Waals surface area contributed by atoms with Crippen molar-refractivity contribution in [2.45, 2.75) is 31.8 Å². The van der Waals surface area contributed by atoms with Crippen LogP contribution in [0.3, 0.4) is 0 Å². The molecule has 1 heterocycles. The standard InChI is InChI=1S/C12H15NO3/c14-13(15)11-6-4-10(5-7-11)9-12-3-1-2-8-16-12/h4-7,12H,1-3,8-9H2. The lowest BCUT2D eigenvalue weighted by Crippen LogP contribution is -2.21. The van der Waals surface area contributed by atoms with Crippen LogP contribution in [0, 0.1) is 10.1 Å². The highest BCUT2D eigenvalue weighted by molar-refractivity contribution is 5.33. The molecule has 1 saturated heterocycles. The molecule has 0 aromatic heterocycles. The van der Waals surface area contributed by atoms with Gasteiger partial charge in [0.1, 0.15) is 0 Å². The van der Waals surface area contributed by atoms with E-state index in [9.17, 15) is 10.1 Å². The third-order valence-electron chi connectivity index (χ3n) is 2.88. The van der Waals surface area contributed by atoms with Crippen LogP contribution in [-0.4, -0.2) is 17.6 Å². The smallest absolute Gasteiger partial charge is 0.269 e. The maximum Gasteiger partial charge on any atom is 0.269 e. The molecule has 4 nitrogen and oxygen atoms in total. The summed E-state index contributed by atoms with van der Waals surface area (Å²) in [5.41, 5.74) is 1.26. The van der Waals surface area contributed by atoms with Crippen molar-refractivity contribution in [2.24, 2.45) is 0 Å². The van der Waals surface area contributed by atoms with Gasteiger partial charge in [0.2, 0.25) is 0 Å². The minimum Gasteiger partial charge on any atom is -0.378 e. The van der Waals surface area contributed by atoms with Gasteiger partial charge >= 0.3 is 0 Å². The predicted octanol–water partition coefficient (Wildman–Crippen LogP) is 2.71. The van der Waals surface area contributed by atoms with Crippen LogP contribution in [0.5, 0.6) is 0 Å². The predicted molar refractivity (Wildman–Crippen MR) is 60.4 cm³/mol. The van der Waals surface area contributed by atoms with Crippen LogP contribution in [0.1, 0.15) is 24.8 Å². The number of benzene rings is 1. The summed E-state index contributed by atoms with van der Waals surface area (Å²) in [7, 11) is 0. The summed E-state index contributed by atoms with van der Waals surface area (Å²) < 4.78 is 5.63. The molecule has 0 bridgehead atoms. The van der Waals surface area contributed by atoms with Crippen molar-refractivity contribution in [3.05, 3.63) is 39.9 Å². The molecular weight excluding hydrogens is 206 g/mol. The molecule has 0 spiro atoms. The Labute approximate surface area is 94.4 Å². The van der Waals surface area contributed by atoms with Crippen molar-refractivity contribution in [2.75, 3.05) is 6.61 Å². The Morgan fingerprint density at radius 2 is 2.06 bits per heavy atom. The molecule has 1 aliphatic heterocycles. The van der Waals surface area contributed by atoms with E-state index in [2.05, 4.69) is 0 Å². The summed E-state index contributed by atoms with van der Waals surface area (Å²) in [5, 5.41) is 10.5. The Balaban J connectivity index is 1.96. The van der Waals surface area contributed by atoms with Gasteiger partial charge < -0.3 is 4.74 Å². The van der Waals surface area contributed by atoms with E-state index in [0.29, 0.717) is 0 Å². The largest absolute Gasteiger partial charge is 0.378 e. The van der Waals surface area contributed by atoms with Crippen molar-refractivity contribution in [1.29, 1.82) is 0 Å². The van der Waals surface area contributed by atoms with Crippen LogP contribution in [0.4, 0.5) is 5.69 Å². The van der Waals surface area contributed by atoms with Gasteiger partial charge in [0, 0.05) is 18.7 Å². The number of nitro groups is 1. The second kappa shape index (κ2) is 5.07. The molecule has 1 fully saturated rings. The van der Waals surface area contributed by atoms with Gasteiger partial charge in [-0.05, 0) is 31.2 Å². The van der Waals surface area contributed by atoms with Gasteiger partial charge in [-0.3, -0.25) is 10.1 Å². The highest BCUT2D eigenvalue weighted by Crippen LogP contribution is 2.19. The third kappa shape index (κ3) is 2.79. The lowest BCUT2D eigenvalue weighted by Gasteiger charge is -2.22. The molecule has 0 saturated carbocycles. The minimum absolute atomic E-state index is 0.147. The summed E-state index contributed by atoms with van der Waals surface area (Å²) in [5.74, 6) is 0. The van der Waals surface area contributed by atoms with Crippen LogP contribution in [0.15, 0.2) is 24.3 Å². The lowest BCUT2D eigenvalue weighted by molar-refractivity contribution is -0.384. The molecule has 1 unspecified atom stereocenters. The molecule has 16 heavy (non-hydrogen) atoms. The van der Waals surface area contributed by atoms with Gasteiger partial charge in [-0.15, -0.1) is 0 Å². The summed E-state index contributed by atoms with van der Waals surface area (Å²) in [6.07, 6.45) is 4.61. The number of hydrogen-bond donors (Lipinski definition) is 0. The number of nitro benzene ring substituents is 1. The minimum atomic E-state index is -0.374. The molecule has 1 aromatic rings. The van der Waals surface area contributed by atoms with Crippen molar-refractivity contribution in [3.63, 3.8) is 0 Å². The van der Waals surface area contributed by atoms with Crippen molar-refractivity contribution < 1.29 is 9.66 Å². The molecule has 0 amide bonds. The second-order valence-corrected chi connectivity index (χ2v) is 4.12. The van der Waals surface area contributed by atoms with E-state index in [1.807, 2.05) is 12.1 Å². The quantitative estimate of drug-likeness (QED) is 0.582. The fourth-order valence-electron chi connectivity index (χ4n) is 1.99. The molecule has 86 valence electrons. The molecule has 1 aromatic carbocycles. The van der Waals surface area contributed by atoms with E-state index in [0.717, 1.165) is 31.4 Å². The maximum absolute atomic E-state index is 10.5. The van der Waals surface area contributed by atoms with E-state index in [-0.39, 0.29) is 16.7 Å². The fraction of sp³-hybridized carbons (Fsp3) is 0.500.